The maximum absolute atomic E-state index is 12.1. The molecule has 0 saturated carbocycles. The first-order valence-electron chi connectivity index (χ1n) is 9.30. The first-order chi connectivity index (χ1) is 15.0. The van der Waals surface area contributed by atoms with Gasteiger partial charge in [-0.05, 0) is 54.1 Å². The number of methoxy groups -OCH3 is 1. The lowest BCUT2D eigenvalue weighted by molar-refractivity contribution is -0.118. The van der Waals surface area contributed by atoms with Crippen molar-refractivity contribution < 1.29 is 19.1 Å². The number of carbonyl (C=O) groups excluding carboxylic acids is 2. The number of nitrogens with one attached hydrogen (secondary N) is 2. The number of nitrogens with zero attached hydrogens (tertiary/aromatic N) is 1. The average molecular weight is 438 g/mol. The molecule has 0 saturated heterocycles. The summed E-state index contributed by atoms with van der Waals surface area (Å²) >= 11 is 6.22. The fraction of sp³-hybridized carbons (Fsp3) is 0.0870. The molecule has 0 aliphatic carbocycles. The minimum absolute atomic E-state index is 0.182. The molecule has 0 aliphatic heterocycles. The van der Waals surface area contributed by atoms with Gasteiger partial charge in [0.05, 0.1) is 18.3 Å². The van der Waals surface area contributed by atoms with Crippen LogP contribution < -0.4 is 20.2 Å². The van der Waals surface area contributed by atoms with Gasteiger partial charge in [-0.1, -0.05) is 35.9 Å². The van der Waals surface area contributed by atoms with Crippen LogP contribution in [-0.2, 0) is 4.79 Å². The van der Waals surface area contributed by atoms with Crippen LogP contribution in [0.25, 0.3) is 0 Å². The smallest absolute Gasteiger partial charge is 0.271 e. The van der Waals surface area contributed by atoms with Crippen molar-refractivity contribution in [3.63, 3.8) is 0 Å². The molecule has 0 atom stereocenters. The molecule has 158 valence electrons. The van der Waals surface area contributed by atoms with E-state index in [9.17, 15) is 9.59 Å². The van der Waals surface area contributed by atoms with Gasteiger partial charge in [0.1, 0.15) is 11.5 Å². The molecular formula is C23H20ClN3O4. The molecule has 0 aromatic heterocycles. The zero-order chi connectivity index (χ0) is 22.1. The summed E-state index contributed by atoms with van der Waals surface area (Å²) in [6.45, 7) is -0.182. The third kappa shape index (κ3) is 6.58. The molecule has 8 heteroatoms. The highest BCUT2D eigenvalue weighted by molar-refractivity contribution is 6.32. The molecule has 2 N–H and O–H groups in total. The standard InChI is InChI=1S/C23H20ClN3O4/c1-30-19-9-5-6-17(13-19)23(29)27-25-14-16-10-11-21(20(24)12-16)31-15-22(28)26-18-7-3-2-4-8-18/h2-14H,15H2,1H3,(H,26,28)(H,27,29)/b25-14+. The third-order valence-corrected chi connectivity index (χ3v) is 4.38. The Hall–Kier alpha value is -3.84. The van der Waals surface area contributed by atoms with Crippen LogP contribution in [-0.4, -0.2) is 31.7 Å². The van der Waals surface area contributed by atoms with Crippen LogP contribution in [0.3, 0.4) is 0 Å². The molecule has 0 unspecified atom stereocenters. The lowest BCUT2D eigenvalue weighted by atomic mass is 10.2. The van der Waals surface area contributed by atoms with E-state index in [4.69, 9.17) is 21.1 Å². The van der Waals surface area contributed by atoms with Gasteiger partial charge in [0.15, 0.2) is 6.61 Å². The Balaban J connectivity index is 1.52. The Kier molecular flexibility index (Phi) is 7.61. The van der Waals surface area contributed by atoms with Gasteiger partial charge in [0, 0.05) is 11.3 Å². The first kappa shape index (κ1) is 21.9. The van der Waals surface area contributed by atoms with Gasteiger partial charge >= 0.3 is 0 Å². The first-order valence-corrected chi connectivity index (χ1v) is 9.67. The van der Waals surface area contributed by atoms with Crippen molar-refractivity contribution in [1.82, 2.24) is 5.43 Å². The molecule has 2 amide bonds. The Morgan fingerprint density at radius 1 is 1.03 bits per heavy atom. The number of benzene rings is 3. The molecule has 3 rings (SSSR count). The van der Waals surface area contributed by atoms with Crippen molar-refractivity contribution in [3.05, 3.63) is 88.9 Å². The Morgan fingerprint density at radius 2 is 1.84 bits per heavy atom. The third-order valence-electron chi connectivity index (χ3n) is 4.08. The number of hydrogen-bond donors (Lipinski definition) is 2. The summed E-state index contributed by atoms with van der Waals surface area (Å²) < 4.78 is 10.6. The van der Waals surface area contributed by atoms with E-state index in [0.717, 1.165) is 0 Å². The van der Waals surface area contributed by atoms with Crippen molar-refractivity contribution >= 4 is 35.3 Å². The number of rotatable bonds is 8. The van der Waals surface area contributed by atoms with E-state index in [2.05, 4.69) is 15.8 Å². The van der Waals surface area contributed by atoms with Crippen molar-refractivity contribution in [3.8, 4) is 11.5 Å². The molecule has 0 spiro atoms. The van der Waals surface area contributed by atoms with Gasteiger partial charge in [-0.2, -0.15) is 5.10 Å². The van der Waals surface area contributed by atoms with E-state index in [1.165, 1.54) is 13.3 Å². The van der Waals surface area contributed by atoms with Gasteiger partial charge in [0.2, 0.25) is 0 Å². The topological polar surface area (TPSA) is 89.0 Å². The van der Waals surface area contributed by atoms with Gasteiger partial charge in [0.25, 0.3) is 11.8 Å². The van der Waals surface area contributed by atoms with Crippen molar-refractivity contribution in [2.24, 2.45) is 5.10 Å². The zero-order valence-corrected chi connectivity index (χ0v) is 17.4. The van der Waals surface area contributed by atoms with E-state index >= 15 is 0 Å². The Morgan fingerprint density at radius 3 is 2.58 bits per heavy atom. The van der Waals surface area contributed by atoms with Gasteiger partial charge in [-0.25, -0.2) is 5.43 Å². The molecule has 7 nitrogen and oxygen atoms in total. The highest BCUT2D eigenvalue weighted by atomic mass is 35.5. The van der Waals surface area contributed by atoms with Crippen molar-refractivity contribution in [1.29, 1.82) is 0 Å². The quantitative estimate of drug-likeness (QED) is 0.409. The molecule has 31 heavy (non-hydrogen) atoms. The van der Waals surface area contributed by atoms with Gasteiger partial charge in [-0.3, -0.25) is 9.59 Å². The Labute approximate surface area is 184 Å². The summed E-state index contributed by atoms with van der Waals surface area (Å²) in [6, 6.07) is 20.8. The van der Waals surface area contributed by atoms with E-state index in [0.29, 0.717) is 33.3 Å². The molecule has 0 radical (unpaired) electrons. The monoisotopic (exact) mass is 437 g/mol. The average Bonchev–Trinajstić information content (AvgIpc) is 2.79. The number of anilines is 1. The second-order valence-corrected chi connectivity index (χ2v) is 6.73. The van der Waals surface area contributed by atoms with E-state index in [1.807, 2.05) is 18.2 Å². The molecule has 0 aliphatic rings. The highest BCUT2D eigenvalue weighted by Gasteiger charge is 2.08. The predicted molar refractivity (Wildman–Crippen MR) is 120 cm³/mol. The van der Waals surface area contributed by atoms with Gasteiger partial charge < -0.3 is 14.8 Å². The molecule has 3 aromatic rings. The number of hydrogen-bond acceptors (Lipinski definition) is 5. The Bertz CT molecular complexity index is 1090. The van der Waals surface area contributed by atoms with E-state index in [-0.39, 0.29) is 18.4 Å². The zero-order valence-electron chi connectivity index (χ0n) is 16.7. The summed E-state index contributed by atoms with van der Waals surface area (Å²) in [5.74, 6) is 0.276. The minimum Gasteiger partial charge on any atom is -0.497 e. The number of amides is 2. The number of para-hydroxylation sites is 1. The summed E-state index contributed by atoms with van der Waals surface area (Å²) in [7, 11) is 1.53. The predicted octanol–water partition coefficient (Wildman–Crippen LogP) is 4.13. The summed E-state index contributed by atoms with van der Waals surface area (Å²) in [5.41, 5.74) is 4.20. The fourth-order valence-corrected chi connectivity index (χ4v) is 2.81. The number of ether oxygens (including phenoxy) is 2. The van der Waals surface area contributed by atoms with Gasteiger partial charge in [-0.15, -0.1) is 0 Å². The van der Waals surface area contributed by atoms with Crippen LogP contribution in [0.5, 0.6) is 11.5 Å². The normalized spacial score (nSPS) is 10.5. The fourth-order valence-electron chi connectivity index (χ4n) is 2.57. The molecule has 3 aromatic carbocycles. The van der Waals surface area contributed by atoms with E-state index in [1.54, 1.807) is 54.6 Å². The van der Waals surface area contributed by atoms with Crippen LogP contribution in [0.15, 0.2) is 77.9 Å². The summed E-state index contributed by atoms with van der Waals surface area (Å²) in [4.78, 5) is 24.1. The van der Waals surface area contributed by atoms with Crippen LogP contribution in [0, 0.1) is 0 Å². The second kappa shape index (κ2) is 10.8. The summed E-state index contributed by atoms with van der Waals surface area (Å²) in [6.07, 6.45) is 1.45. The molecule has 0 heterocycles. The SMILES string of the molecule is COc1cccc(C(=O)N/N=C/c2ccc(OCC(=O)Nc3ccccc3)c(Cl)c2)c1. The lowest BCUT2D eigenvalue weighted by Crippen LogP contribution is -2.20. The van der Waals surface area contributed by atoms with Crippen LogP contribution in [0.1, 0.15) is 15.9 Å². The molecule has 0 bridgehead atoms. The van der Waals surface area contributed by atoms with Crippen molar-refractivity contribution in [2.45, 2.75) is 0 Å². The van der Waals surface area contributed by atoms with Crippen molar-refractivity contribution in [2.75, 3.05) is 19.0 Å². The number of halogens is 1. The minimum atomic E-state index is -0.370. The van der Waals surface area contributed by atoms with E-state index < -0.39 is 0 Å². The van der Waals surface area contributed by atoms with Crippen LogP contribution in [0.4, 0.5) is 5.69 Å². The maximum atomic E-state index is 12.1. The van der Waals surface area contributed by atoms with Crippen LogP contribution in [0.2, 0.25) is 5.02 Å². The highest BCUT2D eigenvalue weighted by Crippen LogP contribution is 2.25. The number of hydrazone groups is 1. The lowest BCUT2D eigenvalue weighted by Gasteiger charge is -2.09. The molecular weight excluding hydrogens is 418 g/mol. The largest absolute Gasteiger partial charge is 0.497 e. The van der Waals surface area contributed by atoms with Crippen LogP contribution >= 0.6 is 11.6 Å². The summed E-state index contributed by atoms with van der Waals surface area (Å²) in [5, 5.41) is 6.98. The second-order valence-electron chi connectivity index (χ2n) is 6.32. The molecule has 0 fully saturated rings. The maximum Gasteiger partial charge on any atom is 0.271 e. The number of carbonyl (C=O) groups is 2.